The number of aromatic amines is 1. The summed E-state index contributed by atoms with van der Waals surface area (Å²) in [4.78, 5) is 17.7. The lowest BCUT2D eigenvalue weighted by Crippen LogP contribution is -2.29. The van der Waals surface area contributed by atoms with Crippen molar-refractivity contribution in [2.75, 3.05) is 13.1 Å². The van der Waals surface area contributed by atoms with Gasteiger partial charge in [0.05, 0.1) is 11.7 Å². The third-order valence-corrected chi connectivity index (χ3v) is 5.44. The standard InChI is InChI=1S/C20H20FN5O/c21-16-5-3-13(4-6-16)15-9-18(22-10-15)20(27)25-8-7-17(11-25)26-12-19(23-24-26)14-1-2-14/h3-6,9-10,12,14,17,22H,1-2,7-8,11H2. The molecule has 0 spiro atoms. The van der Waals surface area contributed by atoms with Gasteiger partial charge < -0.3 is 9.88 Å². The summed E-state index contributed by atoms with van der Waals surface area (Å²) in [6, 6.07) is 8.26. The highest BCUT2D eigenvalue weighted by Crippen LogP contribution is 2.39. The van der Waals surface area contributed by atoms with E-state index in [0.717, 1.165) is 23.2 Å². The van der Waals surface area contributed by atoms with Gasteiger partial charge in [-0.1, -0.05) is 17.3 Å². The summed E-state index contributed by atoms with van der Waals surface area (Å²) >= 11 is 0. The number of H-pyrrole nitrogens is 1. The lowest BCUT2D eigenvalue weighted by Gasteiger charge is -2.15. The number of hydrogen-bond donors (Lipinski definition) is 1. The lowest BCUT2D eigenvalue weighted by atomic mass is 10.1. The predicted octanol–water partition coefficient (Wildman–Crippen LogP) is 3.38. The van der Waals surface area contributed by atoms with E-state index < -0.39 is 0 Å². The first-order chi connectivity index (χ1) is 13.2. The van der Waals surface area contributed by atoms with Crippen molar-refractivity contribution in [1.29, 1.82) is 0 Å². The molecule has 2 fully saturated rings. The quantitative estimate of drug-likeness (QED) is 0.771. The van der Waals surface area contributed by atoms with E-state index in [9.17, 15) is 9.18 Å². The first-order valence-corrected chi connectivity index (χ1v) is 9.33. The zero-order valence-corrected chi connectivity index (χ0v) is 14.8. The Morgan fingerprint density at radius 1 is 1.15 bits per heavy atom. The largest absolute Gasteiger partial charge is 0.357 e. The summed E-state index contributed by atoms with van der Waals surface area (Å²) in [6.45, 7) is 1.34. The van der Waals surface area contributed by atoms with Crippen molar-refractivity contribution >= 4 is 5.91 Å². The first-order valence-electron chi connectivity index (χ1n) is 9.33. The number of amides is 1. The van der Waals surface area contributed by atoms with Crippen LogP contribution in [0.4, 0.5) is 4.39 Å². The van der Waals surface area contributed by atoms with E-state index in [4.69, 9.17) is 0 Å². The molecule has 2 aromatic heterocycles. The number of benzene rings is 1. The number of nitrogens with one attached hydrogen (secondary N) is 1. The SMILES string of the molecule is O=C(c1cc(-c2ccc(F)cc2)c[nH]1)N1CCC(n2cc(C3CC3)nn2)C1. The minimum atomic E-state index is -0.272. The van der Waals surface area contributed by atoms with E-state index in [0.29, 0.717) is 24.7 Å². The molecule has 2 aliphatic rings. The van der Waals surface area contributed by atoms with Gasteiger partial charge in [0.1, 0.15) is 11.5 Å². The number of carbonyl (C=O) groups excluding carboxylic acids is 1. The van der Waals surface area contributed by atoms with Crippen molar-refractivity contribution in [1.82, 2.24) is 24.9 Å². The van der Waals surface area contributed by atoms with Crippen molar-refractivity contribution in [2.45, 2.75) is 31.2 Å². The van der Waals surface area contributed by atoms with Gasteiger partial charge in [0.2, 0.25) is 0 Å². The zero-order chi connectivity index (χ0) is 18.4. The molecule has 0 bridgehead atoms. The molecule has 1 amide bonds. The fourth-order valence-electron chi connectivity index (χ4n) is 3.67. The van der Waals surface area contributed by atoms with Gasteiger partial charge in [-0.25, -0.2) is 9.07 Å². The van der Waals surface area contributed by atoms with Gasteiger partial charge in [-0.3, -0.25) is 4.79 Å². The molecule has 138 valence electrons. The van der Waals surface area contributed by atoms with Crippen LogP contribution >= 0.6 is 0 Å². The van der Waals surface area contributed by atoms with Crippen LogP contribution in [0, 0.1) is 5.82 Å². The summed E-state index contributed by atoms with van der Waals surface area (Å²) in [7, 11) is 0. The molecule has 27 heavy (non-hydrogen) atoms. The molecule has 7 heteroatoms. The molecule has 1 atom stereocenters. The van der Waals surface area contributed by atoms with Crippen LogP contribution in [0.3, 0.4) is 0 Å². The molecule has 1 saturated heterocycles. The summed E-state index contributed by atoms with van der Waals surface area (Å²) in [5.74, 6) is 0.293. The van der Waals surface area contributed by atoms with Crippen LogP contribution in [0.5, 0.6) is 0 Å². The minimum Gasteiger partial charge on any atom is -0.357 e. The van der Waals surface area contributed by atoms with Gasteiger partial charge in [-0.05, 0) is 48.6 Å². The van der Waals surface area contributed by atoms with Crippen LogP contribution in [0.1, 0.15) is 47.4 Å². The number of nitrogens with zero attached hydrogens (tertiary/aromatic N) is 4. The van der Waals surface area contributed by atoms with Crippen molar-refractivity contribution in [2.24, 2.45) is 0 Å². The number of halogens is 1. The van der Waals surface area contributed by atoms with Crippen LogP contribution in [0.15, 0.2) is 42.7 Å². The van der Waals surface area contributed by atoms with E-state index in [1.165, 1.54) is 25.0 Å². The Labute approximate surface area is 156 Å². The molecule has 1 aromatic carbocycles. The van der Waals surface area contributed by atoms with Crippen LogP contribution in [-0.4, -0.2) is 43.9 Å². The topological polar surface area (TPSA) is 66.8 Å². The molecule has 3 heterocycles. The van der Waals surface area contributed by atoms with Crippen molar-refractivity contribution in [3.8, 4) is 11.1 Å². The number of aromatic nitrogens is 4. The Balaban J connectivity index is 1.28. The second-order valence-electron chi connectivity index (χ2n) is 7.40. The molecule has 1 unspecified atom stereocenters. The van der Waals surface area contributed by atoms with E-state index >= 15 is 0 Å². The average Bonchev–Trinajstić information content (AvgIpc) is 3.10. The zero-order valence-electron chi connectivity index (χ0n) is 14.8. The second-order valence-corrected chi connectivity index (χ2v) is 7.40. The summed E-state index contributed by atoms with van der Waals surface area (Å²) < 4.78 is 15.0. The van der Waals surface area contributed by atoms with Crippen LogP contribution in [-0.2, 0) is 0 Å². The number of carbonyl (C=O) groups is 1. The smallest absolute Gasteiger partial charge is 0.270 e. The normalized spacial score (nSPS) is 19.6. The van der Waals surface area contributed by atoms with Gasteiger partial charge in [-0.2, -0.15) is 0 Å². The number of likely N-dealkylation sites (tertiary alicyclic amines) is 1. The molecule has 1 saturated carbocycles. The molecule has 1 aliphatic carbocycles. The Morgan fingerprint density at radius 3 is 2.74 bits per heavy atom. The van der Waals surface area contributed by atoms with Gasteiger partial charge in [-0.15, -0.1) is 5.10 Å². The monoisotopic (exact) mass is 365 g/mol. The Bertz CT molecular complexity index is 972. The fraction of sp³-hybridized carbons (Fsp3) is 0.350. The molecule has 1 aliphatic heterocycles. The summed E-state index contributed by atoms with van der Waals surface area (Å²) in [6.07, 6.45) is 7.12. The highest BCUT2D eigenvalue weighted by Gasteiger charge is 2.31. The van der Waals surface area contributed by atoms with Crippen molar-refractivity contribution < 1.29 is 9.18 Å². The third kappa shape index (κ3) is 3.13. The van der Waals surface area contributed by atoms with E-state index in [1.807, 2.05) is 21.8 Å². The summed E-state index contributed by atoms with van der Waals surface area (Å²) in [5, 5.41) is 8.54. The highest BCUT2D eigenvalue weighted by molar-refractivity contribution is 5.94. The molecule has 5 rings (SSSR count). The maximum Gasteiger partial charge on any atom is 0.270 e. The van der Waals surface area contributed by atoms with E-state index in [1.54, 1.807) is 18.3 Å². The molecular weight excluding hydrogens is 345 g/mol. The molecule has 3 aromatic rings. The number of rotatable bonds is 4. The van der Waals surface area contributed by atoms with Gasteiger partial charge in [0, 0.05) is 31.4 Å². The maximum atomic E-state index is 13.1. The Hall–Kier alpha value is -2.96. The van der Waals surface area contributed by atoms with Gasteiger partial charge in [0.25, 0.3) is 5.91 Å². The van der Waals surface area contributed by atoms with E-state index in [2.05, 4.69) is 15.3 Å². The number of hydrogen-bond acceptors (Lipinski definition) is 3. The van der Waals surface area contributed by atoms with E-state index in [-0.39, 0.29) is 17.8 Å². The highest BCUT2D eigenvalue weighted by atomic mass is 19.1. The summed E-state index contributed by atoms with van der Waals surface area (Å²) in [5.41, 5.74) is 3.38. The second kappa shape index (κ2) is 6.33. The Morgan fingerprint density at radius 2 is 1.96 bits per heavy atom. The van der Waals surface area contributed by atoms with Gasteiger partial charge >= 0.3 is 0 Å². The fourth-order valence-corrected chi connectivity index (χ4v) is 3.67. The van der Waals surface area contributed by atoms with Gasteiger partial charge in [0.15, 0.2) is 0 Å². The molecular formula is C20H20FN5O. The van der Waals surface area contributed by atoms with Crippen LogP contribution in [0.25, 0.3) is 11.1 Å². The molecule has 0 radical (unpaired) electrons. The minimum absolute atomic E-state index is 0.0200. The maximum absolute atomic E-state index is 13.1. The molecule has 6 nitrogen and oxygen atoms in total. The molecule has 1 N–H and O–H groups in total. The predicted molar refractivity (Wildman–Crippen MR) is 97.7 cm³/mol. The van der Waals surface area contributed by atoms with Crippen molar-refractivity contribution in [3.05, 3.63) is 59.9 Å². The average molecular weight is 365 g/mol. The van der Waals surface area contributed by atoms with Crippen molar-refractivity contribution in [3.63, 3.8) is 0 Å². The first kappa shape index (κ1) is 16.2. The van der Waals surface area contributed by atoms with Crippen LogP contribution < -0.4 is 0 Å². The van der Waals surface area contributed by atoms with Crippen LogP contribution in [0.2, 0.25) is 0 Å². The third-order valence-electron chi connectivity index (χ3n) is 5.44. The lowest BCUT2D eigenvalue weighted by molar-refractivity contribution is 0.0782. The Kier molecular flexibility index (Phi) is 3.81.